The number of nitrogens with one attached hydrogen (secondary N) is 2. The fourth-order valence-corrected chi connectivity index (χ4v) is 2.81. The van der Waals surface area contributed by atoms with Gasteiger partial charge in [0.25, 0.3) is 0 Å². The number of hydrogen-bond acceptors (Lipinski definition) is 3. The minimum Gasteiger partial charge on any atom is -0.393 e. The Balaban J connectivity index is 1.89. The van der Waals surface area contributed by atoms with Gasteiger partial charge in [-0.15, -0.1) is 0 Å². The molecule has 0 spiro atoms. The molecule has 0 amide bonds. The van der Waals surface area contributed by atoms with Crippen LogP contribution in [0, 0.1) is 0 Å². The predicted octanol–water partition coefficient (Wildman–Crippen LogP) is 2.19. The van der Waals surface area contributed by atoms with Crippen LogP contribution in [0.2, 0.25) is 0 Å². The summed E-state index contributed by atoms with van der Waals surface area (Å²) in [6, 6.07) is 8.76. The van der Waals surface area contributed by atoms with Crippen LogP contribution in [0.3, 0.4) is 0 Å². The van der Waals surface area contributed by atoms with Crippen LogP contribution in [0.1, 0.15) is 43.7 Å². The van der Waals surface area contributed by atoms with Gasteiger partial charge in [-0.25, -0.2) is 4.99 Å². The first kappa shape index (κ1) is 17.8. The Bertz CT molecular complexity index is 480. The van der Waals surface area contributed by atoms with Gasteiger partial charge in [0.05, 0.1) is 19.3 Å². The van der Waals surface area contributed by atoms with E-state index in [2.05, 4.69) is 46.8 Å². The van der Waals surface area contributed by atoms with Gasteiger partial charge in [0.2, 0.25) is 0 Å². The molecule has 1 aliphatic rings. The number of hydrogen-bond donors (Lipinski definition) is 3. The highest BCUT2D eigenvalue weighted by Crippen LogP contribution is 2.18. The van der Waals surface area contributed by atoms with Crippen LogP contribution in [0.4, 0.5) is 0 Å². The molecule has 1 aliphatic carbocycles. The van der Waals surface area contributed by atoms with E-state index in [1.807, 2.05) is 0 Å². The second-order valence-corrected chi connectivity index (χ2v) is 6.09. The molecule has 0 atom stereocenters. The highest BCUT2D eigenvalue weighted by Gasteiger charge is 2.19. The lowest BCUT2D eigenvalue weighted by atomic mass is 9.93. The third kappa shape index (κ3) is 6.20. The molecule has 5 nitrogen and oxygen atoms in total. The van der Waals surface area contributed by atoms with Gasteiger partial charge >= 0.3 is 0 Å². The molecule has 3 N–H and O–H groups in total. The number of methoxy groups -OCH3 is 1. The van der Waals surface area contributed by atoms with E-state index >= 15 is 0 Å². The maximum atomic E-state index is 9.59. The Morgan fingerprint density at radius 1 is 1.17 bits per heavy atom. The lowest BCUT2D eigenvalue weighted by Gasteiger charge is -2.27. The fraction of sp³-hybridized carbons (Fsp3) is 0.611. The van der Waals surface area contributed by atoms with Gasteiger partial charge in [-0.3, -0.25) is 0 Å². The number of guanidine groups is 1. The Morgan fingerprint density at radius 3 is 2.43 bits per heavy atom. The van der Waals surface area contributed by atoms with Crippen molar-refractivity contribution in [2.75, 3.05) is 13.7 Å². The summed E-state index contributed by atoms with van der Waals surface area (Å²) in [6.07, 6.45) is 3.61. The van der Waals surface area contributed by atoms with Crippen molar-refractivity contribution in [1.29, 1.82) is 0 Å². The molecule has 0 aliphatic heterocycles. The van der Waals surface area contributed by atoms with E-state index in [1.54, 1.807) is 7.11 Å². The van der Waals surface area contributed by atoms with Gasteiger partial charge in [0.15, 0.2) is 5.96 Å². The summed E-state index contributed by atoms with van der Waals surface area (Å²) in [5, 5.41) is 16.4. The van der Waals surface area contributed by atoms with E-state index in [4.69, 9.17) is 4.74 Å². The summed E-state index contributed by atoms with van der Waals surface area (Å²) in [5.74, 6) is 0.856. The summed E-state index contributed by atoms with van der Waals surface area (Å²) in [5.41, 5.74) is 2.35. The monoisotopic (exact) mass is 319 g/mol. The SMILES string of the molecule is CCNC(=NCc1ccc(COC)cc1)NC1CCC(O)CC1. The zero-order chi connectivity index (χ0) is 16.5. The molecule has 1 fully saturated rings. The first-order chi connectivity index (χ1) is 11.2. The largest absolute Gasteiger partial charge is 0.393 e. The second kappa shape index (κ2) is 9.53. The smallest absolute Gasteiger partial charge is 0.191 e. The number of aliphatic imine (C=N–C) groups is 1. The predicted molar refractivity (Wildman–Crippen MR) is 93.4 cm³/mol. The Kier molecular flexibility index (Phi) is 7.36. The molecule has 1 saturated carbocycles. The third-order valence-corrected chi connectivity index (χ3v) is 4.14. The van der Waals surface area contributed by atoms with E-state index < -0.39 is 0 Å². The van der Waals surface area contributed by atoms with E-state index in [-0.39, 0.29) is 6.10 Å². The summed E-state index contributed by atoms with van der Waals surface area (Å²) in [6.45, 7) is 4.20. The van der Waals surface area contributed by atoms with Crippen LogP contribution in [0.5, 0.6) is 0 Å². The Morgan fingerprint density at radius 2 is 1.83 bits per heavy atom. The maximum absolute atomic E-state index is 9.59. The van der Waals surface area contributed by atoms with E-state index in [0.29, 0.717) is 19.2 Å². The van der Waals surface area contributed by atoms with Crippen molar-refractivity contribution in [2.45, 2.75) is 57.9 Å². The Labute approximate surface area is 139 Å². The first-order valence-electron chi connectivity index (χ1n) is 8.51. The van der Waals surface area contributed by atoms with E-state index in [0.717, 1.165) is 38.2 Å². The summed E-state index contributed by atoms with van der Waals surface area (Å²) < 4.78 is 5.12. The molecule has 0 saturated heterocycles. The molecule has 0 heterocycles. The highest BCUT2D eigenvalue weighted by molar-refractivity contribution is 5.80. The van der Waals surface area contributed by atoms with Crippen molar-refractivity contribution in [2.24, 2.45) is 4.99 Å². The molecule has 0 radical (unpaired) electrons. The van der Waals surface area contributed by atoms with Gasteiger partial charge in [-0.2, -0.15) is 0 Å². The molecule has 0 aromatic heterocycles. The zero-order valence-corrected chi connectivity index (χ0v) is 14.2. The number of nitrogens with zero attached hydrogens (tertiary/aromatic N) is 1. The number of rotatable bonds is 6. The van der Waals surface area contributed by atoms with Crippen molar-refractivity contribution in [3.05, 3.63) is 35.4 Å². The molecule has 5 heteroatoms. The molecular formula is C18H29N3O2. The van der Waals surface area contributed by atoms with Crippen molar-refractivity contribution < 1.29 is 9.84 Å². The third-order valence-electron chi connectivity index (χ3n) is 4.14. The van der Waals surface area contributed by atoms with E-state index in [1.165, 1.54) is 11.1 Å². The summed E-state index contributed by atoms with van der Waals surface area (Å²) in [7, 11) is 1.71. The fourth-order valence-electron chi connectivity index (χ4n) is 2.81. The van der Waals surface area contributed by atoms with Gasteiger partial charge in [0.1, 0.15) is 0 Å². The van der Waals surface area contributed by atoms with Crippen LogP contribution in [-0.4, -0.2) is 36.9 Å². The average Bonchev–Trinajstić information content (AvgIpc) is 2.56. The number of aliphatic hydroxyl groups excluding tert-OH is 1. The van der Waals surface area contributed by atoms with Crippen LogP contribution in [-0.2, 0) is 17.9 Å². The lowest BCUT2D eigenvalue weighted by molar-refractivity contribution is 0.120. The molecule has 128 valence electrons. The summed E-state index contributed by atoms with van der Waals surface area (Å²) >= 11 is 0. The van der Waals surface area contributed by atoms with Crippen LogP contribution < -0.4 is 10.6 Å². The minimum absolute atomic E-state index is 0.127. The van der Waals surface area contributed by atoms with Gasteiger partial charge in [-0.05, 0) is 43.7 Å². The highest BCUT2D eigenvalue weighted by atomic mass is 16.5. The first-order valence-corrected chi connectivity index (χ1v) is 8.51. The van der Waals surface area contributed by atoms with Crippen molar-refractivity contribution in [3.63, 3.8) is 0 Å². The van der Waals surface area contributed by atoms with E-state index in [9.17, 15) is 5.11 Å². The van der Waals surface area contributed by atoms with Gasteiger partial charge in [0, 0.05) is 19.7 Å². The van der Waals surface area contributed by atoms with Crippen molar-refractivity contribution >= 4 is 5.96 Å². The van der Waals surface area contributed by atoms with Crippen molar-refractivity contribution in [3.8, 4) is 0 Å². The Hall–Kier alpha value is -1.59. The lowest BCUT2D eigenvalue weighted by Crippen LogP contribution is -2.45. The summed E-state index contributed by atoms with van der Waals surface area (Å²) in [4.78, 5) is 4.67. The molecule has 1 aromatic rings. The number of benzene rings is 1. The molecule has 0 unspecified atom stereocenters. The van der Waals surface area contributed by atoms with Gasteiger partial charge in [-0.1, -0.05) is 24.3 Å². The molecule has 0 bridgehead atoms. The average molecular weight is 319 g/mol. The quantitative estimate of drug-likeness (QED) is 0.555. The van der Waals surface area contributed by atoms with Crippen LogP contribution in [0.25, 0.3) is 0 Å². The molecule has 23 heavy (non-hydrogen) atoms. The van der Waals surface area contributed by atoms with Gasteiger partial charge < -0.3 is 20.5 Å². The zero-order valence-electron chi connectivity index (χ0n) is 14.2. The van der Waals surface area contributed by atoms with Crippen LogP contribution in [0.15, 0.2) is 29.3 Å². The standard InChI is InChI=1S/C18H29N3O2/c1-3-19-18(21-16-8-10-17(22)11-9-16)20-12-14-4-6-15(7-5-14)13-23-2/h4-7,16-17,22H,3,8-13H2,1-2H3,(H2,19,20,21). The van der Waals surface area contributed by atoms with Crippen LogP contribution >= 0.6 is 0 Å². The normalized spacial score (nSPS) is 22.0. The second-order valence-electron chi connectivity index (χ2n) is 6.09. The minimum atomic E-state index is -0.127. The molecule has 1 aromatic carbocycles. The molecule has 2 rings (SSSR count). The number of aliphatic hydroxyl groups is 1. The maximum Gasteiger partial charge on any atom is 0.191 e. The number of ether oxygens (including phenoxy) is 1. The van der Waals surface area contributed by atoms with Crippen molar-refractivity contribution in [1.82, 2.24) is 10.6 Å². The molecular weight excluding hydrogens is 290 g/mol. The topological polar surface area (TPSA) is 65.9 Å².